The minimum absolute atomic E-state index is 0.307. The predicted molar refractivity (Wildman–Crippen MR) is 106 cm³/mol. The predicted octanol–water partition coefficient (Wildman–Crippen LogP) is 5.09. The van der Waals surface area contributed by atoms with E-state index in [1.165, 1.54) is 11.3 Å². The van der Waals surface area contributed by atoms with Gasteiger partial charge in [0.25, 0.3) is 0 Å². The molecule has 0 unspecified atom stereocenters. The van der Waals surface area contributed by atoms with Crippen molar-refractivity contribution < 1.29 is 9.53 Å². The van der Waals surface area contributed by atoms with Gasteiger partial charge in [-0.25, -0.2) is 9.78 Å². The molecular formula is C19H16ClN3O2S. The smallest absolute Gasteiger partial charge is 0.339 e. The first kappa shape index (κ1) is 18.1. The van der Waals surface area contributed by atoms with Gasteiger partial charge in [0.2, 0.25) is 5.13 Å². The molecule has 7 heteroatoms. The number of hydrogen-bond acceptors (Lipinski definition) is 6. The molecule has 0 amide bonds. The number of ether oxygens (including phenoxy) is 1. The molecule has 26 heavy (non-hydrogen) atoms. The van der Waals surface area contributed by atoms with Gasteiger partial charge in [-0.05, 0) is 24.6 Å². The molecule has 3 aromatic rings. The van der Waals surface area contributed by atoms with Crippen LogP contribution in [0.1, 0.15) is 22.8 Å². The Balaban J connectivity index is 1.65. The van der Waals surface area contributed by atoms with Crippen molar-refractivity contribution in [3.8, 4) is 11.3 Å². The summed E-state index contributed by atoms with van der Waals surface area (Å²) in [5.74, 6) is -0.435. The Labute approximate surface area is 160 Å². The molecule has 0 fully saturated rings. The molecule has 0 aliphatic heterocycles. The van der Waals surface area contributed by atoms with E-state index in [1.807, 2.05) is 35.7 Å². The molecule has 0 bridgehead atoms. The Morgan fingerprint density at radius 3 is 2.85 bits per heavy atom. The number of rotatable bonds is 6. The van der Waals surface area contributed by atoms with Crippen LogP contribution in [0.25, 0.3) is 11.3 Å². The minimum atomic E-state index is -0.435. The summed E-state index contributed by atoms with van der Waals surface area (Å²) in [4.78, 5) is 16.2. The normalized spacial score (nSPS) is 10.8. The van der Waals surface area contributed by atoms with Crippen LogP contribution in [0.15, 0.2) is 59.0 Å². The summed E-state index contributed by atoms with van der Waals surface area (Å²) in [6.07, 6.45) is 1.62. The molecule has 3 rings (SSSR count). The second-order valence-electron chi connectivity index (χ2n) is 5.23. The van der Waals surface area contributed by atoms with E-state index in [9.17, 15) is 4.79 Å². The van der Waals surface area contributed by atoms with Gasteiger partial charge in [-0.2, -0.15) is 5.10 Å². The van der Waals surface area contributed by atoms with E-state index in [2.05, 4.69) is 15.5 Å². The summed E-state index contributed by atoms with van der Waals surface area (Å²) >= 11 is 7.61. The van der Waals surface area contributed by atoms with Crippen molar-refractivity contribution in [2.75, 3.05) is 12.0 Å². The molecule has 0 spiro atoms. The molecule has 5 nitrogen and oxygen atoms in total. The van der Waals surface area contributed by atoms with E-state index in [0.29, 0.717) is 22.3 Å². The van der Waals surface area contributed by atoms with E-state index in [-0.39, 0.29) is 0 Å². The van der Waals surface area contributed by atoms with E-state index in [1.54, 1.807) is 31.3 Å². The zero-order valence-electron chi connectivity index (χ0n) is 14.0. The van der Waals surface area contributed by atoms with Crippen LogP contribution in [0.2, 0.25) is 5.02 Å². The highest BCUT2D eigenvalue weighted by Crippen LogP contribution is 2.24. The Kier molecular flexibility index (Phi) is 5.99. The fraction of sp³-hybridized carbons (Fsp3) is 0.105. The summed E-state index contributed by atoms with van der Waals surface area (Å²) < 4.78 is 4.95. The first-order valence-electron chi connectivity index (χ1n) is 7.94. The van der Waals surface area contributed by atoms with Crippen LogP contribution < -0.4 is 5.43 Å². The van der Waals surface area contributed by atoms with Crippen molar-refractivity contribution in [3.63, 3.8) is 0 Å². The van der Waals surface area contributed by atoms with Gasteiger partial charge in [0.15, 0.2) is 0 Å². The molecule has 1 heterocycles. The highest BCUT2D eigenvalue weighted by atomic mass is 35.5. The van der Waals surface area contributed by atoms with Crippen molar-refractivity contribution in [2.24, 2.45) is 5.10 Å². The Morgan fingerprint density at radius 1 is 1.31 bits per heavy atom. The SMILES string of the molecule is CCOC(=O)c1ccc(C=NNc2nc(-c3ccccc3)cs2)cc1Cl. The van der Waals surface area contributed by atoms with Crippen molar-refractivity contribution >= 4 is 40.3 Å². The first-order chi connectivity index (χ1) is 12.7. The van der Waals surface area contributed by atoms with E-state index in [0.717, 1.165) is 16.8 Å². The second-order valence-corrected chi connectivity index (χ2v) is 6.50. The topological polar surface area (TPSA) is 63.6 Å². The number of benzene rings is 2. The number of halogens is 1. The zero-order valence-corrected chi connectivity index (χ0v) is 15.6. The summed E-state index contributed by atoms with van der Waals surface area (Å²) in [5.41, 5.74) is 5.96. The van der Waals surface area contributed by atoms with Gasteiger partial charge < -0.3 is 4.74 Å². The van der Waals surface area contributed by atoms with Crippen molar-refractivity contribution in [2.45, 2.75) is 6.92 Å². The fourth-order valence-electron chi connectivity index (χ4n) is 2.21. The number of aromatic nitrogens is 1. The number of nitrogens with zero attached hydrogens (tertiary/aromatic N) is 2. The van der Waals surface area contributed by atoms with Crippen LogP contribution in [-0.4, -0.2) is 23.8 Å². The molecule has 0 aliphatic carbocycles. The molecule has 0 radical (unpaired) electrons. The van der Waals surface area contributed by atoms with E-state index in [4.69, 9.17) is 16.3 Å². The highest BCUT2D eigenvalue weighted by Gasteiger charge is 2.11. The summed E-state index contributed by atoms with van der Waals surface area (Å²) in [5, 5.41) is 7.16. The number of carbonyl (C=O) groups excluding carboxylic acids is 1. The fourth-order valence-corrected chi connectivity index (χ4v) is 3.15. The Bertz CT molecular complexity index is 926. The van der Waals surface area contributed by atoms with Gasteiger partial charge in [-0.1, -0.05) is 48.0 Å². The Morgan fingerprint density at radius 2 is 2.12 bits per heavy atom. The lowest BCUT2D eigenvalue weighted by Gasteiger charge is -2.04. The number of esters is 1. The van der Waals surface area contributed by atoms with Crippen LogP contribution in [0.4, 0.5) is 5.13 Å². The van der Waals surface area contributed by atoms with Gasteiger partial charge in [0, 0.05) is 10.9 Å². The summed E-state index contributed by atoms with van der Waals surface area (Å²) in [7, 11) is 0. The van der Waals surface area contributed by atoms with Crippen LogP contribution in [0.5, 0.6) is 0 Å². The van der Waals surface area contributed by atoms with Crippen molar-refractivity contribution in [1.29, 1.82) is 0 Å². The second kappa shape index (κ2) is 8.60. The van der Waals surface area contributed by atoms with Crippen LogP contribution >= 0.6 is 22.9 Å². The average molecular weight is 386 g/mol. The standard InChI is InChI=1S/C19H16ClN3O2S/c1-2-25-18(24)15-9-8-13(10-16(15)20)11-21-23-19-22-17(12-26-19)14-6-4-3-5-7-14/h3-12H,2H2,1H3,(H,22,23). The number of hydrazone groups is 1. The quantitative estimate of drug-likeness (QED) is 0.365. The average Bonchev–Trinajstić information content (AvgIpc) is 3.12. The lowest BCUT2D eigenvalue weighted by atomic mass is 10.1. The van der Waals surface area contributed by atoms with Crippen LogP contribution in [0, 0.1) is 0 Å². The number of nitrogens with one attached hydrogen (secondary N) is 1. The Hall–Kier alpha value is -2.70. The molecule has 1 N–H and O–H groups in total. The van der Waals surface area contributed by atoms with Crippen molar-refractivity contribution in [1.82, 2.24) is 4.98 Å². The summed E-state index contributed by atoms with van der Waals surface area (Å²) in [6, 6.07) is 15.0. The van der Waals surface area contributed by atoms with Gasteiger partial charge >= 0.3 is 5.97 Å². The third kappa shape index (κ3) is 4.47. The maximum Gasteiger partial charge on any atom is 0.339 e. The number of anilines is 1. The monoisotopic (exact) mass is 385 g/mol. The van der Waals surface area contributed by atoms with Gasteiger partial charge in [-0.15, -0.1) is 11.3 Å². The van der Waals surface area contributed by atoms with Gasteiger partial charge in [0.1, 0.15) is 0 Å². The van der Waals surface area contributed by atoms with E-state index < -0.39 is 5.97 Å². The largest absolute Gasteiger partial charge is 0.462 e. The molecule has 132 valence electrons. The van der Waals surface area contributed by atoms with E-state index >= 15 is 0 Å². The molecule has 2 aromatic carbocycles. The lowest BCUT2D eigenvalue weighted by molar-refractivity contribution is 0.0526. The first-order valence-corrected chi connectivity index (χ1v) is 9.20. The molecular weight excluding hydrogens is 370 g/mol. The van der Waals surface area contributed by atoms with Crippen LogP contribution in [0.3, 0.4) is 0 Å². The third-order valence-corrected chi connectivity index (χ3v) is 4.50. The highest BCUT2D eigenvalue weighted by molar-refractivity contribution is 7.14. The number of thiazole rings is 1. The lowest BCUT2D eigenvalue weighted by Crippen LogP contribution is -2.05. The number of carbonyl (C=O) groups is 1. The molecule has 0 saturated carbocycles. The molecule has 0 aliphatic rings. The van der Waals surface area contributed by atoms with Crippen LogP contribution in [-0.2, 0) is 4.74 Å². The maximum atomic E-state index is 11.7. The molecule has 1 aromatic heterocycles. The third-order valence-electron chi connectivity index (χ3n) is 3.44. The maximum absolute atomic E-state index is 11.7. The minimum Gasteiger partial charge on any atom is -0.462 e. The van der Waals surface area contributed by atoms with Gasteiger partial charge in [-0.3, -0.25) is 5.43 Å². The number of hydrogen-bond donors (Lipinski definition) is 1. The molecule has 0 saturated heterocycles. The van der Waals surface area contributed by atoms with Crippen molar-refractivity contribution in [3.05, 3.63) is 70.1 Å². The molecule has 0 atom stereocenters. The summed E-state index contributed by atoms with van der Waals surface area (Å²) in [6.45, 7) is 2.06. The van der Waals surface area contributed by atoms with Gasteiger partial charge in [0.05, 0.1) is 29.1 Å². The zero-order chi connectivity index (χ0) is 18.4.